The summed E-state index contributed by atoms with van der Waals surface area (Å²) < 4.78 is 23.0. The molecule has 1 aromatic rings. The van der Waals surface area contributed by atoms with Crippen LogP contribution in [0, 0.1) is 0 Å². The van der Waals surface area contributed by atoms with Crippen molar-refractivity contribution in [3.8, 4) is 0 Å². The summed E-state index contributed by atoms with van der Waals surface area (Å²) >= 11 is 12.1. The predicted molar refractivity (Wildman–Crippen MR) is 86.0 cm³/mol. The molecule has 118 valence electrons. The van der Waals surface area contributed by atoms with Gasteiger partial charge in [-0.15, -0.1) is 0 Å². The highest BCUT2D eigenvalue weighted by Crippen LogP contribution is 2.34. The number of halogens is 3. The summed E-state index contributed by atoms with van der Waals surface area (Å²) in [5.41, 5.74) is -0.0396. The summed E-state index contributed by atoms with van der Waals surface area (Å²) in [7, 11) is 1.26. The molecule has 0 aliphatic heterocycles. The molecule has 0 aliphatic carbocycles. The third-order valence-corrected chi connectivity index (χ3v) is 5.44. The Bertz CT molecular complexity index is 646. The standard InChI is InChI=1S/C13H16Cl3NO3S/c1-4-8(3)17(5-2)13(18)11-9(14)6-7-10(12(11)15)21(16,19)20/h6-8H,4-5H2,1-3H3. The Morgan fingerprint density at radius 3 is 2.29 bits per heavy atom. The lowest BCUT2D eigenvalue weighted by atomic mass is 10.1. The maximum Gasteiger partial charge on any atom is 0.262 e. The summed E-state index contributed by atoms with van der Waals surface area (Å²) in [6.07, 6.45) is 0.752. The van der Waals surface area contributed by atoms with E-state index in [2.05, 4.69) is 0 Å². The van der Waals surface area contributed by atoms with E-state index in [4.69, 9.17) is 33.9 Å². The molecule has 0 aliphatic rings. The van der Waals surface area contributed by atoms with Crippen molar-refractivity contribution in [2.24, 2.45) is 0 Å². The van der Waals surface area contributed by atoms with Crippen molar-refractivity contribution in [3.63, 3.8) is 0 Å². The van der Waals surface area contributed by atoms with Crippen LogP contribution < -0.4 is 0 Å². The van der Waals surface area contributed by atoms with Crippen molar-refractivity contribution >= 4 is 48.8 Å². The largest absolute Gasteiger partial charge is 0.336 e. The van der Waals surface area contributed by atoms with Crippen LogP contribution in [0.3, 0.4) is 0 Å². The van der Waals surface area contributed by atoms with Gasteiger partial charge in [0.15, 0.2) is 0 Å². The van der Waals surface area contributed by atoms with Gasteiger partial charge in [-0.3, -0.25) is 4.79 Å². The van der Waals surface area contributed by atoms with Gasteiger partial charge < -0.3 is 4.90 Å². The second-order valence-electron chi connectivity index (χ2n) is 4.52. The quantitative estimate of drug-likeness (QED) is 0.728. The number of rotatable bonds is 5. The molecule has 0 fully saturated rings. The number of carbonyl (C=O) groups is 1. The molecule has 1 atom stereocenters. The molecule has 0 radical (unpaired) electrons. The van der Waals surface area contributed by atoms with Crippen LogP contribution in [-0.4, -0.2) is 31.8 Å². The van der Waals surface area contributed by atoms with Gasteiger partial charge >= 0.3 is 0 Å². The predicted octanol–water partition coefficient (Wildman–Crippen LogP) is 4.18. The molecule has 0 heterocycles. The number of carbonyl (C=O) groups excluding carboxylic acids is 1. The minimum atomic E-state index is -4.05. The molecule has 4 nitrogen and oxygen atoms in total. The zero-order valence-corrected chi connectivity index (χ0v) is 14.9. The minimum Gasteiger partial charge on any atom is -0.336 e. The van der Waals surface area contributed by atoms with Gasteiger partial charge in [0, 0.05) is 23.3 Å². The van der Waals surface area contributed by atoms with E-state index in [9.17, 15) is 13.2 Å². The summed E-state index contributed by atoms with van der Waals surface area (Å²) in [5, 5.41) is -0.153. The fraction of sp³-hybridized carbons (Fsp3) is 0.462. The molecule has 0 bridgehead atoms. The van der Waals surface area contributed by atoms with Crippen molar-refractivity contribution in [1.29, 1.82) is 0 Å². The molecule has 21 heavy (non-hydrogen) atoms. The van der Waals surface area contributed by atoms with Gasteiger partial charge in [0.1, 0.15) is 4.90 Å². The molecule has 0 aromatic heterocycles. The summed E-state index contributed by atoms with van der Waals surface area (Å²) in [4.78, 5) is 13.9. The monoisotopic (exact) mass is 371 g/mol. The molecule has 0 spiro atoms. The number of nitrogens with zero attached hydrogens (tertiary/aromatic N) is 1. The number of hydrogen-bond acceptors (Lipinski definition) is 3. The van der Waals surface area contributed by atoms with Crippen molar-refractivity contribution in [1.82, 2.24) is 4.90 Å². The molecule has 1 unspecified atom stereocenters. The van der Waals surface area contributed by atoms with E-state index in [0.717, 1.165) is 6.42 Å². The zero-order valence-electron chi connectivity index (χ0n) is 11.9. The average molecular weight is 373 g/mol. The Morgan fingerprint density at radius 1 is 1.29 bits per heavy atom. The highest BCUT2D eigenvalue weighted by atomic mass is 35.7. The van der Waals surface area contributed by atoms with Crippen LogP contribution in [0.4, 0.5) is 0 Å². The molecular weight excluding hydrogens is 357 g/mol. The minimum absolute atomic E-state index is 0.0223. The van der Waals surface area contributed by atoms with Crippen LogP contribution in [0.1, 0.15) is 37.6 Å². The Labute approximate surface area is 139 Å². The molecule has 0 N–H and O–H groups in total. The Kier molecular flexibility index (Phi) is 6.35. The van der Waals surface area contributed by atoms with Crippen molar-refractivity contribution < 1.29 is 13.2 Å². The lowest BCUT2D eigenvalue weighted by molar-refractivity contribution is 0.0700. The first-order valence-electron chi connectivity index (χ1n) is 6.38. The zero-order chi connectivity index (χ0) is 16.4. The highest BCUT2D eigenvalue weighted by Gasteiger charge is 2.27. The van der Waals surface area contributed by atoms with E-state index < -0.39 is 15.0 Å². The van der Waals surface area contributed by atoms with E-state index in [1.807, 2.05) is 20.8 Å². The lowest BCUT2D eigenvalue weighted by Gasteiger charge is -2.28. The van der Waals surface area contributed by atoms with Crippen LogP contribution in [0.5, 0.6) is 0 Å². The average Bonchev–Trinajstić information content (AvgIpc) is 2.37. The number of benzene rings is 1. The topological polar surface area (TPSA) is 54.5 Å². The highest BCUT2D eigenvalue weighted by molar-refractivity contribution is 8.13. The third kappa shape index (κ3) is 4.03. The van der Waals surface area contributed by atoms with Crippen LogP contribution in [0.2, 0.25) is 10.0 Å². The van der Waals surface area contributed by atoms with Crippen molar-refractivity contribution in [2.75, 3.05) is 6.54 Å². The maximum absolute atomic E-state index is 12.6. The van der Waals surface area contributed by atoms with Gasteiger partial charge in [-0.25, -0.2) is 8.42 Å². The normalized spacial score (nSPS) is 13.0. The lowest BCUT2D eigenvalue weighted by Crippen LogP contribution is -2.38. The van der Waals surface area contributed by atoms with Gasteiger partial charge in [-0.1, -0.05) is 30.1 Å². The van der Waals surface area contributed by atoms with Crippen LogP contribution >= 0.6 is 33.9 Å². The van der Waals surface area contributed by atoms with Gasteiger partial charge in [-0.05, 0) is 32.4 Å². The van der Waals surface area contributed by atoms with Crippen LogP contribution in [-0.2, 0) is 9.05 Å². The Morgan fingerprint density at radius 2 is 1.86 bits per heavy atom. The summed E-state index contributed by atoms with van der Waals surface area (Å²) in [6, 6.07) is 2.47. The first kappa shape index (κ1) is 18.6. The maximum atomic E-state index is 12.6. The van der Waals surface area contributed by atoms with Crippen LogP contribution in [0.15, 0.2) is 17.0 Å². The molecule has 1 aromatic carbocycles. The van der Waals surface area contributed by atoms with E-state index in [-0.39, 0.29) is 26.5 Å². The molecule has 1 amide bonds. The fourth-order valence-electron chi connectivity index (χ4n) is 1.94. The van der Waals surface area contributed by atoms with E-state index in [1.54, 1.807) is 4.90 Å². The first-order valence-corrected chi connectivity index (χ1v) is 9.45. The smallest absolute Gasteiger partial charge is 0.262 e. The molecule has 0 saturated heterocycles. The molecular formula is C13H16Cl3NO3S. The van der Waals surface area contributed by atoms with E-state index >= 15 is 0 Å². The van der Waals surface area contributed by atoms with Gasteiger partial charge in [0.05, 0.1) is 15.6 Å². The summed E-state index contributed by atoms with van der Waals surface area (Å²) in [6.45, 7) is 6.13. The SMILES string of the molecule is CCC(C)N(CC)C(=O)c1c(Cl)ccc(S(=O)(=O)Cl)c1Cl. The van der Waals surface area contributed by atoms with Gasteiger partial charge in [0.2, 0.25) is 0 Å². The van der Waals surface area contributed by atoms with Crippen molar-refractivity contribution in [3.05, 3.63) is 27.7 Å². The number of amides is 1. The van der Waals surface area contributed by atoms with Gasteiger partial charge in [-0.2, -0.15) is 0 Å². The van der Waals surface area contributed by atoms with Crippen LogP contribution in [0.25, 0.3) is 0 Å². The Hall–Kier alpha value is -0.490. The van der Waals surface area contributed by atoms with E-state index in [1.165, 1.54) is 12.1 Å². The molecule has 0 saturated carbocycles. The van der Waals surface area contributed by atoms with Gasteiger partial charge in [0.25, 0.3) is 15.0 Å². The summed E-state index contributed by atoms with van der Waals surface area (Å²) in [5.74, 6) is -0.413. The number of hydrogen-bond donors (Lipinski definition) is 0. The third-order valence-electron chi connectivity index (χ3n) is 3.26. The molecule has 8 heteroatoms. The molecule has 1 rings (SSSR count). The Balaban J connectivity index is 3.46. The van der Waals surface area contributed by atoms with Crippen molar-refractivity contribution in [2.45, 2.75) is 38.1 Å². The second-order valence-corrected chi connectivity index (χ2v) is 7.84. The second kappa shape index (κ2) is 7.18. The fourth-order valence-corrected chi connectivity index (χ4v) is 3.83. The first-order chi connectivity index (χ1) is 9.65. The van der Waals surface area contributed by atoms with E-state index in [0.29, 0.717) is 6.54 Å².